The van der Waals surface area contributed by atoms with Gasteiger partial charge in [-0.25, -0.2) is 9.98 Å². The van der Waals surface area contributed by atoms with Crippen LogP contribution in [0.25, 0.3) is 0 Å². The minimum absolute atomic E-state index is 0.0536. The Morgan fingerprint density at radius 1 is 1.29 bits per heavy atom. The Morgan fingerprint density at radius 3 is 2.62 bits per heavy atom. The number of aromatic hydroxyl groups is 1. The largest absolute Gasteiger partial charge is 0.508 e. The fourth-order valence-corrected chi connectivity index (χ4v) is 3.93. The normalized spacial score (nSPS) is 21.0. The molecule has 1 aliphatic carbocycles. The molecule has 178 valence electrons. The molecule has 3 rings (SSSR count). The molecular formula is C24H28FN7O2. The molecule has 1 saturated carbocycles. The first kappa shape index (κ1) is 24.7. The Kier molecular flexibility index (Phi) is 8.16. The maximum absolute atomic E-state index is 13.3. The van der Waals surface area contributed by atoms with Crippen molar-refractivity contribution in [3.05, 3.63) is 65.9 Å². The summed E-state index contributed by atoms with van der Waals surface area (Å²) in [5.74, 6) is -1.45. The second-order valence-electron chi connectivity index (χ2n) is 8.34. The highest BCUT2D eigenvalue weighted by Gasteiger charge is 2.34. The van der Waals surface area contributed by atoms with Gasteiger partial charge in [0.25, 0.3) is 5.91 Å². The molecule has 0 unspecified atom stereocenters. The van der Waals surface area contributed by atoms with E-state index in [4.69, 9.17) is 11.5 Å². The van der Waals surface area contributed by atoms with E-state index in [0.717, 1.165) is 24.5 Å². The summed E-state index contributed by atoms with van der Waals surface area (Å²) in [7, 11) is 0. The van der Waals surface area contributed by atoms with Gasteiger partial charge < -0.3 is 27.2 Å². The number of nitriles is 1. The SMILES string of the molecule is N#CCC1(N/C=C(/C(N)=O)C(N)=Nc2ccnc(F)c2)CCC(NCc2ccc(O)cc2)CC1. The summed E-state index contributed by atoms with van der Waals surface area (Å²) in [5.41, 5.74) is 12.1. The van der Waals surface area contributed by atoms with Crippen molar-refractivity contribution < 1.29 is 14.3 Å². The van der Waals surface area contributed by atoms with Crippen molar-refractivity contribution >= 4 is 17.4 Å². The van der Waals surface area contributed by atoms with Gasteiger partial charge in [-0.2, -0.15) is 9.65 Å². The van der Waals surface area contributed by atoms with Gasteiger partial charge in [-0.15, -0.1) is 0 Å². The fraction of sp³-hybridized carbons (Fsp3) is 0.333. The molecule has 1 aromatic heterocycles. The molecule has 1 aliphatic rings. The van der Waals surface area contributed by atoms with Gasteiger partial charge in [-0.1, -0.05) is 12.1 Å². The maximum atomic E-state index is 13.3. The Labute approximate surface area is 197 Å². The molecule has 0 saturated heterocycles. The number of amides is 1. The summed E-state index contributed by atoms with van der Waals surface area (Å²) in [5, 5.41) is 25.5. The molecule has 0 atom stereocenters. The molecule has 0 spiro atoms. The van der Waals surface area contributed by atoms with Crippen molar-refractivity contribution in [3.63, 3.8) is 0 Å². The van der Waals surface area contributed by atoms with Gasteiger partial charge in [-0.3, -0.25) is 4.79 Å². The van der Waals surface area contributed by atoms with Gasteiger partial charge in [0, 0.05) is 36.6 Å². The molecule has 1 fully saturated rings. The van der Waals surface area contributed by atoms with Crippen LogP contribution in [0.5, 0.6) is 5.75 Å². The lowest BCUT2D eigenvalue weighted by Gasteiger charge is -2.39. The molecule has 2 aromatic rings. The molecule has 10 heteroatoms. The van der Waals surface area contributed by atoms with Crippen LogP contribution < -0.4 is 22.1 Å². The number of halogens is 1. The first-order valence-corrected chi connectivity index (χ1v) is 10.9. The predicted octanol–water partition coefficient (Wildman–Crippen LogP) is 2.26. The molecule has 0 bridgehead atoms. The van der Waals surface area contributed by atoms with E-state index < -0.39 is 17.4 Å². The highest BCUT2D eigenvalue weighted by Crippen LogP contribution is 2.31. The number of primary amides is 1. The third-order valence-corrected chi connectivity index (χ3v) is 5.92. The number of aromatic nitrogens is 1. The molecule has 1 heterocycles. The summed E-state index contributed by atoms with van der Waals surface area (Å²) >= 11 is 0. The van der Waals surface area contributed by atoms with E-state index in [-0.39, 0.29) is 35.3 Å². The average molecular weight is 466 g/mol. The van der Waals surface area contributed by atoms with Crippen LogP contribution in [0.3, 0.4) is 0 Å². The number of aliphatic imine (C=N–C) groups is 1. The third-order valence-electron chi connectivity index (χ3n) is 5.92. The Morgan fingerprint density at radius 2 is 2.00 bits per heavy atom. The van der Waals surface area contributed by atoms with E-state index in [1.54, 1.807) is 12.1 Å². The highest BCUT2D eigenvalue weighted by atomic mass is 19.1. The average Bonchev–Trinajstić information content (AvgIpc) is 2.80. The zero-order valence-electron chi connectivity index (χ0n) is 18.7. The Bertz CT molecular complexity index is 1100. The number of pyridine rings is 1. The van der Waals surface area contributed by atoms with Crippen molar-refractivity contribution in [2.75, 3.05) is 0 Å². The number of carbonyl (C=O) groups excluding carboxylic acids is 1. The van der Waals surface area contributed by atoms with Crippen molar-refractivity contribution in [2.24, 2.45) is 16.5 Å². The number of carbonyl (C=O) groups is 1. The summed E-state index contributed by atoms with van der Waals surface area (Å²) in [6.07, 6.45) is 5.93. The van der Waals surface area contributed by atoms with Gasteiger partial charge in [-0.05, 0) is 49.4 Å². The Balaban J connectivity index is 1.66. The molecule has 34 heavy (non-hydrogen) atoms. The summed E-state index contributed by atoms with van der Waals surface area (Å²) in [6, 6.07) is 12.1. The number of nitrogens with zero attached hydrogens (tertiary/aromatic N) is 3. The van der Waals surface area contributed by atoms with Crippen LogP contribution in [-0.2, 0) is 11.3 Å². The molecule has 1 amide bonds. The molecule has 1 aromatic carbocycles. The second kappa shape index (κ2) is 11.2. The lowest BCUT2D eigenvalue weighted by Crippen LogP contribution is -2.49. The fourth-order valence-electron chi connectivity index (χ4n) is 3.93. The van der Waals surface area contributed by atoms with Gasteiger partial charge >= 0.3 is 0 Å². The first-order valence-electron chi connectivity index (χ1n) is 10.9. The predicted molar refractivity (Wildman–Crippen MR) is 126 cm³/mol. The number of benzene rings is 1. The number of phenols is 1. The van der Waals surface area contributed by atoms with E-state index in [0.29, 0.717) is 19.4 Å². The molecule has 0 radical (unpaired) electrons. The maximum Gasteiger partial charge on any atom is 0.253 e. The quantitative estimate of drug-likeness (QED) is 0.164. The summed E-state index contributed by atoms with van der Waals surface area (Å²) < 4.78 is 13.3. The molecule has 7 N–H and O–H groups in total. The number of hydrogen-bond donors (Lipinski definition) is 5. The monoisotopic (exact) mass is 465 g/mol. The van der Waals surface area contributed by atoms with Gasteiger partial charge in [0.1, 0.15) is 11.6 Å². The second-order valence-corrected chi connectivity index (χ2v) is 8.34. The number of amidine groups is 1. The highest BCUT2D eigenvalue weighted by molar-refractivity contribution is 6.20. The van der Waals surface area contributed by atoms with Crippen LogP contribution in [0.4, 0.5) is 10.1 Å². The van der Waals surface area contributed by atoms with Crippen molar-refractivity contribution in [2.45, 2.75) is 50.2 Å². The number of hydrogen-bond acceptors (Lipinski definition) is 7. The van der Waals surface area contributed by atoms with Crippen molar-refractivity contribution in [3.8, 4) is 11.8 Å². The van der Waals surface area contributed by atoms with Crippen LogP contribution >= 0.6 is 0 Å². The van der Waals surface area contributed by atoms with Crippen molar-refractivity contribution in [1.29, 1.82) is 5.26 Å². The van der Waals surface area contributed by atoms with Crippen LogP contribution in [0, 0.1) is 17.3 Å². The van der Waals surface area contributed by atoms with Crippen LogP contribution in [0.15, 0.2) is 59.4 Å². The number of nitrogens with one attached hydrogen (secondary N) is 2. The number of rotatable bonds is 9. The van der Waals surface area contributed by atoms with Crippen LogP contribution in [0.2, 0.25) is 0 Å². The van der Waals surface area contributed by atoms with E-state index in [1.165, 1.54) is 18.5 Å². The van der Waals surface area contributed by atoms with Gasteiger partial charge in [0.15, 0.2) is 0 Å². The van der Waals surface area contributed by atoms with Crippen LogP contribution in [-0.4, -0.2) is 33.4 Å². The van der Waals surface area contributed by atoms with E-state index in [2.05, 4.69) is 26.7 Å². The molecular weight excluding hydrogens is 437 g/mol. The zero-order chi connectivity index (χ0) is 24.6. The standard InChI is InChI=1S/C24H28FN7O2/c25-21-13-18(7-12-29-21)32-22(27)20(23(28)34)15-31-24(10-11-26)8-5-17(6-9-24)30-14-16-1-3-19(33)4-2-16/h1-4,7,12-13,15,17,30-31,33H,5-6,8-10,14H2,(H2,28,34)(H2,27,29,32)/b20-15+. The zero-order valence-corrected chi connectivity index (χ0v) is 18.7. The van der Waals surface area contributed by atoms with Gasteiger partial charge in [0.05, 0.1) is 23.8 Å². The van der Waals surface area contributed by atoms with Crippen molar-refractivity contribution in [1.82, 2.24) is 15.6 Å². The minimum atomic E-state index is -0.792. The molecule has 0 aliphatic heterocycles. The van der Waals surface area contributed by atoms with E-state index in [1.807, 2.05) is 12.1 Å². The molecule has 9 nitrogen and oxygen atoms in total. The summed E-state index contributed by atoms with van der Waals surface area (Å²) in [4.78, 5) is 19.5. The third kappa shape index (κ3) is 6.76. The van der Waals surface area contributed by atoms with Crippen LogP contribution in [0.1, 0.15) is 37.7 Å². The smallest absolute Gasteiger partial charge is 0.253 e. The van der Waals surface area contributed by atoms with E-state index in [9.17, 15) is 19.6 Å². The number of phenolic OH excluding ortho intramolecular Hbond substituents is 1. The summed E-state index contributed by atoms with van der Waals surface area (Å²) in [6.45, 7) is 0.679. The van der Waals surface area contributed by atoms with E-state index >= 15 is 0 Å². The first-order chi connectivity index (χ1) is 16.3. The Hall–Kier alpha value is -3.97. The lowest BCUT2D eigenvalue weighted by molar-refractivity contribution is -0.114. The van der Waals surface area contributed by atoms with Gasteiger partial charge in [0.2, 0.25) is 5.95 Å². The number of nitrogens with two attached hydrogens (primary N) is 2. The minimum Gasteiger partial charge on any atom is -0.508 e. The topological polar surface area (TPSA) is 162 Å². The lowest BCUT2D eigenvalue weighted by atomic mass is 9.77.